The van der Waals surface area contributed by atoms with Crippen molar-refractivity contribution in [2.45, 2.75) is 18.7 Å². The second-order valence-corrected chi connectivity index (χ2v) is 7.92. The summed E-state index contributed by atoms with van der Waals surface area (Å²) in [7, 11) is 0. The van der Waals surface area contributed by atoms with Crippen LogP contribution in [0.1, 0.15) is 21.9 Å². The first-order chi connectivity index (χ1) is 14.1. The highest BCUT2D eigenvalue weighted by molar-refractivity contribution is 7.99. The van der Waals surface area contributed by atoms with Gasteiger partial charge in [0.25, 0.3) is 11.1 Å². The van der Waals surface area contributed by atoms with Gasteiger partial charge in [-0.15, -0.1) is 0 Å². The number of benzene rings is 1. The summed E-state index contributed by atoms with van der Waals surface area (Å²) in [6.45, 7) is 2.09. The molecule has 0 aliphatic heterocycles. The van der Waals surface area contributed by atoms with Crippen LogP contribution < -0.4 is 10.6 Å². The minimum absolute atomic E-state index is 0.0842. The number of hydrogen-bond donors (Lipinski definition) is 2. The number of fused-ring (bicyclic) bond motifs is 1. The van der Waals surface area contributed by atoms with Crippen LogP contribution in [0.5, 0.6) is 0 Å². The zero-order valence-electron chi connectivity index (χ0n) is 15.2. The number of anilines is 1. The predicted molar refractivity (Wildman–Crippen MR) is 108 cm³/mol. The van der Waals surface area contributed by atoms with Gasteiger partial charge in [-0.25, -0.2) is 4.98 Å². The monoisotopic (exact) mass is 429 g/mol. The Kier molecular flexibility index (Phi) is 5.58. The normalized spacial score (nSPS) is 10.9. The fourth-order valence-electron chi connectivity index (χ4n) is 2.39. The van der Waals surface area contributed by atoms with Crippen molar-refractivity contribution in [3.63, 3.8) is 0 Å². The van der Waals surface area contributed by atoms with Crippen LogP contribution in [0.25, 0.3) is 10.2 Å². The molecule has 0 aliphatic carbocycles. The van der Waals surface area contributed by atoms with Gasteiger partial charge in [-0.3, -0.25) is 9.59 Å². The Hall–Kier alpha value is -3.18. The number of aromatic nitrogens is 3. The lowest BCUT2D eigenvalue weighted by molar-refractivity contribution is -0.113. The molecule has 0 radical (unpaired) electrons. The van der Waals surface area contributed by atoms with Gasteiger partial charge in [0.15, 0.2) is 16.7 Å². The van der Waals surface area contributed by atoms with E-state index in [0.717, 1.165) is 27.5 Å². The van der Waals surface area contributed by atoms with E-state index in [-0.39, 0.29) is 35.1 Å². The van der Waals surface area contributed by atoms with Crippen molar-refractivity contribution in [2.24, 2.45) is 0 Å². The fourth-order valence-corrected chi connectivity index (χ4v) is 3.96. The van der Waals surface area contributed by atoms with Crippen molar-refractivity contribution in [1.29, 1.82) is 0 Å². The van der Waals surface area contributed by atoms with Gasteiger partial charge in [0, 0.05) is 0 Å². The molecule has 0 aliphatic rings. The molecule has 4 aromatic rings. The Morgan fingerprint density at radius 1 is 1.24 bits per heavy atom. The molecule has 0 spiro atoms. The largest absolute Gasteiger partial charge is 0.459 e. The van der Waals surface area contributed by atoms with E-state index in [9.17, 15) is 9.59 Å². The van der Waals surface area contributed by atoms with Crippen molar-refractivity contribution in [2.75, 3.05) is 11.1 Å². The van der Waals surface area contributed by atoms with Gasteiger partial charge in [-0.05, 0) is 36.8 Å². The zero-order chi connectivity index (χ0) is 20.2. The minimum atomic E-state index is -0.376. The van der Waals surface area contributed by atoms with E-state index in [1.807, 2.05) is 25.1 Å². The first-order valence-corrected chi connectivity index (χ1v) is 10.3. The summed E-state index contributed by atoms with van der Waals surface area (Å²) in [5, 5.41) is 9.95. The topological polar surface area (TPSA) is 123 Å². The molecule has 0 saturated carbocycles. The summed E-state index contributed by atoms with van der Waals surface area (Å²) < 4.78 is 11.1. The lowest BCUT2D eigenvalue weighted by Crippen LogP contribution is -2.22. The highest BCUT2D eigenvalue weighted by atomic mass is 32.2. The van der Waals surface area contributed by atoms with Crippen LogP contribution in [0.3, 0.4) is 0 Å². The molecule has 2 N–H and O–H groups in total. The Bertz CT molecular complexity index is 1150. The Morgan fingerprint density at radius 2 is 2.14 bits per heavy atom. The molecule has 0 bridgehead atoms. The van der Waals surface area contributed by atoms with E-state index in [2.05, 4.69) is 25.8 Å². The van der Waals surface area contributed by atoms with Crippen molar-refractivity contribution in [3.05, 3.63) is 53.7 Å². The molecule has 2 amide bonds. The zero-order valence-corrected chi connectivity index (χ0v) is 16.8. The predicted octanol–water partition coefficient (Wildman–Crippen LogP) is 3.24. The van der Waals surface area contributed by atoms with Gasteiger partial charge in [0.2, 0.25) is 5.91 Å². The Balaban J connectivity index is 1.26. The van der Waals surface area contributed by atoms with E-state index in [1.54, 1.807) is 12.1 Å². The number of aryl methyl sites for hydroxylation is 1. The number of carbonyl (C=O) groups is 2. The maximum absolute atomic E-state index is 12.2. The summed E-state index contributed by atoms with van der Waals surface area (Å²) in [5.74, 6) is -0.00908. The van der Waals surface area contributed by atoms with Gasteiger partial charge in [-0.2, -0.15) is 4.98 Å². The van der Waals surface area contributed by atoms with E-state index >= 15 is 0 Å². The number of hydrogen-bond acceptors (Lipinski definition) is 9. The van der Waals surface area contributed by atoms with Gasteiger partial charge in [-0.1, -0.05) is 34.3 Å². The average molecular weight is 429 g/mol. The first kappa shape index (κ1) is 19.2. The lowest BCUT2D eigenvalue weighted by Gasteiger charge is -1.98. The van der Waals surface area contributed by atoms with Gasteiger partial charge in [0.05, 0.1) is 28.8 Å². The number of rotatable bonds is 7. The second-order valence-electron chi connectivity index (χ2n) is 5.96. The molecule has 9 nitrogen and oxygen atoms in total. The van der Waals surface area contributed by atoms with Gasteiger partial charge < -0.3 is 19.6 Å². The number of furan rings is 1. The number of nitrogens with zero attached hydrogens (tertiary/aromatic N) is 3. The molecular formula is C18H15N5O4S2. The molecule has 0 saturated heterocycles. The summed E-state index contributed by atoms with van der Waals surface area (Å²) >= 11 is 2.53. The van der Waals surface area contributed by atoms with Crippen LogP contribution in [0.4, 0.5) is 5.13 Å². The van der Waals surface area contributed by atoms with Crippen molar-refractivity contribution in [3.8, 4) is 0 Å². The van der Waals surface area contributed by atoms with Gasteiger partial charge in [0.1, 0.15) is 0 Å². The van der Waals surface area contributed by atoms with Crippen LogP contribution in [0.2, 0.25) is 0 Å². The summed E-state index contributed by atoms with van der Waals surface area (Å²) in [6, 6.07) is 9.11. The Labute approximate surface area is 172 Å². The standard InChI is InChI=1S/C18H15N5O4S2/c1-10-4-5-11-13(7-10)29-17(20-11)22-15(24)9-28-18-21-14(23-27-18)8-19-16(25)12-3-2-6-26-12/h2-7H,8-9H2,1H3,(H,19,25)(H,20,22,24). The van der Waals surface area contributed by atoms with E-state index in [0.29, 0.717) is 11.0 Å². The maximum atomic E-state index is 12.2. The molecule has 148 valence electrons. The highest BCUT2D eigenvalue weighted by Crippen LogP contribution is 2.27. The smallest absolute Gasteiger partial charge is 0.287 e. The molecule has 3 heterocycles. The maximum Gasteiger partial charge on any atom is 0.287 e. The number of amides is 2. The summed E-state index contributed by atoms with van der Waals surface area (Å²) in [6.07, 6.45) is 1.42. The third-order valence-electron chi connectivity index (χ3n) is 3.72. The molecule has 0 atom stereocenters. The molecule has 29 heavy (non-hydrogen) atoms. The quantitative estimate of drug-likeness (QED) is 0.429. The average Bonchev–Trinajstić information content (AvgIpc) is 3.44. The molecular weight excluding hydrogens is 414 g/mol. The molecule has 11 heteroatoms. The van der Waals surface area contributed by atoms with Gasteiger partial charge >= 0.3 is 0 Å². The van der Waals surface area contributed by atoms with Crippen LogP contribution in [0, 0.1) is 6.92 Å². The molecule has 3 aromatic heterocycles. The van der Waals surface area contributed by atoms with Crippen molar-refractivity contribution < 1.29 is 18.5 Å². The van der Waals surface area contributed by atoms with E-state index in [1.165, 1.54) is 17.6 Å². The van der Waals surface area contributed by atoms with E-state index in [4.69, 9.17) is 8.94 Å². The lowest BCUT2D eigenvalue weighted by atomic mass is 10.2. The molecule has 0 unspecified atom stereocenters. The van der Waals surface area contributed by atoms with E-state index < -0.39 is 0 Å². The molecule has 4 rings (SSSR count). The summed E-state index contributed by atoms with van der Waals surface area (Å²) in [4.78, 5) is 32.5. The second kappa shape index (κ2) is 8.45. The fraction of sp³-hybridized carbons (Fsp3) is 0.167. The van der Waals surface area contributed by atoms with Crippen LogP contribution in [-0.2, 0) is 11.3 Å². The minimum Gasteiger partial charge on any atom is -0.459 e. The van der Waals surface area contributed by atoms with Crippen LogP contribution in [0.15, 0.2) is 50.8 Å². The SMILES string of the molecule is Cc1ccc2nc(NC(=O)CSc3nc(CNC(=O)c4ccco4)no3)sc2c1. The van der Waals surface area contributed by atoms with Crippen LogP contribution in [-0.4, -0.2) is 32.7 Å². The van der Waals surface area contributed by atoms with Crippen LogP contribution >= 0.6 is 23.1 Å². The summed E-state index contributed by atoms with van der Waals surface area (Å²) in [5.41, 5.74) is 1.99. The van der Waals surface area contributed by atoms with Crippen molar-refractivity contribution in [1.82, 2.24) is 20.4 Å². The van der Waals surface area contributed by atoms with Crippen molar-refractivity contribution >= 4 is 50.3 Å². The molecule has 1 aromatic carbocycles. The Morgan fingerprint density at radius 3 is 2.97 bits per heavy atom. The number of carbonyl (C=O) groups excluding carboxylic acids is 2. The highest BCUT2D eigenvalue weighted by Gasteiger charge is 2.14. The molecule has 0 fully saturated rings. The third kappa shape index (κ3) is 4.81. The number of nitrogens with one attached hydrogen (secondary N) is 2. The number of thioether (sulfide) groups is 1. The number of thiazole rings is 1. The third-order valence-corrected chi connectivity index (χ3v) is 5.47. The first-order valence-electron chi connectivity index (χ1n) is 8.51.